The summed E-state index contributed by atoms with van der Waals surface area (Å²) in [5.41, 5.74) is 4.14. The van der Waals surface area contributed by atoms with Crippen molar-refractivity contribution in [2.75, 3.05) is 5.32 Å². The molecule has 3 aromatic rings. The highest BCUT2D eigenvalue weighted by atomic mass is 16.4. The van der Waals surface area contributed by atoms with E-state index in [1.807, 2.05) is 87.5 Å². The van der Waals surface area contributed by atoms with E-state index in [2.05, 4.69) is 5.32 Å². The van der Waals surface area contributed by atoms with Crippen LogP contribution in [0.3, 0.4) is 0 Å². The van der Waals surface area contributed by atoms with Crippen molar-refractivity contribution >= 4 is 23.3 Å². The van der Waals surface area contributed by atoms with E-state index in [1.165, 1.54) is 0 Å². The van der Waals surface area contributed by atoms with E-state index in [4.69, 9.17) is 0 Å². The zero-order chi connectivity index (χ0) is 25.4. The number of Topliss-reactive ketones (excluding diaryl/α,β-unsaturated/α-hetero) is 1. The monoisotopic (exact) mass is 471 g/mol. The number of benzene rings is 3. The Hall–Kier alpha value is -3.73. The molecule has 0 aliphatic heterocycles. The fourth-order valence-corrected chi connectivity index (χ4v) is 3.92. The molecule has 182 valence electrons. The SMILES string of the molecule is CC(C)(C)CC(=O)Nc1ccc(-c2ccc(C(=O)CC(CCc3ccccc3)C(=O)O)cc2)cc1. The van der Waals surface area contributed by atoms with Gasteiger partial charge in [0.2, 0.25) is 5.91 Å². The number of hydrogen-bond acceptors (Lipinski definition) is 3. The second kappa shape index (κ2) is 11.6. The Labute approximate surface area is 207 Å². The van der Waals surface area contributed by atoms with Crippen LogP contribution in [0.1, 0.15) is 56.0 Å². The van der Waals surface area contributed by atoms with Crippen LogP contribution in [0.4, 0.5) is 5.69 Å². The topological polar surface area (TPSA) is 83.5 Å². The molecule has 0 heterocycles. The maximum atomic E-state index is 12.8. The summed E-state index contributed by atoms with van der Waals surface area (Å²) in [7, 11) is 0. The van der Waals surface area contributed by atoms with Crippen molar-refractivity contribution in [2.45, 2.75) is 46.5 Å². The molecule has 3 rings (SSSR count). The van der Waals surface area contributed by atoms with Gasteiger partial charge in [-0.25, -0.2) is 0 Å². The van der Waals surface area contributed by atoms with Crippen LogP contribution < -0.4 is 5.32 Å². The van der Waals surface area contributed by atoms with Gasteiger partial charge in [0.25, 0.3) is 0 Å². The third-order valence-corrected chi connectivity index (χ3v) is 5.81. The Morgan fingerprint density at radius 1 is 0.829 bits per heavy atom. The molecule has 1 atom stereocenters. The molecular weight excluding hydrogens is 438 g/mol. The Bertz CT molecular complexity index is 1140. The van der Waals surface area contributed by atoms with Crippen molar-refractivity contribution in [1.82, 2.24) is 0 Å². The molecule has 0 saturated heterocycles. The third-order valence-electron chi connectivity index (χ3n) is 5.81. The molecule has 1 unspecified atom stereocenters. The van der Waals surface area contributed by atoms with Crippen molar-refractivity contribution in [1.29, 1.82) is 0 Å². The molecule has 0 aromatic heterocycles. The van der Waals surface area contributed by atoms with Crippen molar-refractivity contribution in [3.05, 3.63) is 90.0 Å². The standard InChI is InChI=1S/C30H33NO4/c1-30(2,3)20-28(33)31-26-17-15-23(16-18-26)22-11-13-24(14-12-22)27(32)19-25(29(34)35)10-9-21-7-5-4-6-8-21/h4-8,11-18,25H,9-10,19-20H2,1-3H3,(H,31,33)(H,34,35). The number of carbonyl (C=O) groups is 3. The fourth-order valence-electron chi connectivity index (χ4n) is 3.92. The van der Waals surface area contributed by atoms with Crippen LogP contribution in [-0.4, -0.2) is 22.8 Å². The number of ketones is 1. The number of carboxylic acid groups (broad SMARTS) is 1. The number of aryl methyl sites for hydroxylation is 1. The average Bonchev–Trinajstić information content (AvgIpc) is 2.81. The first-order valence-electron chi connectivity index (χ1n) is 11.9. The first-order valence-corrected chi connectivity index (χ1v) is 11.9. The van der Waals surface area contributed by atoms with E-state index in [1.54, 1.807) is 12.1 Å². The summed E-state index contributed by atoms with van der Waals surface area (Å²) in [5.74, 6) is -1.85. The highest BCUT2D eigenvalue weighted by Gasteiger charge is 2.22. The van der Waals surface area contributed by atoms with Gasteiger partial charge in [-0.1, -0.05) is 87.5 Å². The highest BCUT2D eigenvalue weighted by molar-refractivity contribution is 5.98. The molecule has 0 fully saturated rings. The van der Waals surface area contributed by atoms with Gasteiger partial charge in [0.1, 0.15) is 0 Å². The van der Waals surface area contributed by atoms with Gasteiger partial charge in [-0.15, -0.1) is 0 Å². The Morgan fingerprint density at radius 3 is 1.94 bits per heavy atom. The number of nitrogens with one attached hydrogen (secondary N) is 1. The number of carboxylic acids is 1. The van der Waals surface area contributed by atoms with E-state index in [-0.39, 0.29) is 23.5 Å². The minimum Gasteiger partial charge on any atom is -0.481 e. The van der Waals surface area contributed by atoms with E-state index in [0.717, 1.165) is 22.4 Å². The zero-order valence-corrected chi connectivity index (χ0v) is 20.6. The Kier molecular flexibility index (Phi) is 8.58. The number of carbonyl (C=O) groups excluding carboxylic acids is 2. The summed E-state index contributed by atoms with van der Waals surface area (Å²) < 4.78 is 0. The van der Waals surface area contributed by atoms with Crippen LogP contribution in [-0.2, 0) is 16.0 Å². The lowest BCUT2D eigenvalue weighted by Gasteiger charge is -2.17. The second-order valence-electron chi connectivity index (χ2n) is 10.1. The number of anilines is 1. The summed E-state index contributed by atoms with van der Waals surface area (Å²) in [4.78, 5) is 36.6. The second-order valence-corrected chi connectivity index (χ2v) is 10.1. The molecule has 3 aromatic carbocycles. The van der Waals surface area contributed by atoms with Crippen LogP contribution >= 0.6 is 0 Å². The Balaban J connectivity index is 1.59. The van der Waals surface area contributed by atoms with Gasteiger partial charge in [-0.2, -0.15) is 0 Å². The number of hydrogen-bond donors (Lipinski definition) is 2. The predicted molar refractivity (Wildman–Crippen MR) is 139 cm³/mol. The molecule has 0 saturated carbocycles. The van der Waals surface area contributed by atoms with E-state index in [0.29, 0.717) is 24.8 Å². The molecule has 0 bridgehead atoms. The maximum Gasteiger partial charge on any atom is 0.306 e. The molecular formula is C30H33NO4. The third kappa shape index (κ3) is 8.21. The molecule has 0 spiro atoms. The first-order chi connectivity index (χ1) is 16.6. The molecule has 5 heteroatoms. The minimum atomic E-state index is -0.944. The summed E-state index contributed by atoms with van der Waals surface area (Å²) >= 11 is 0. The molecule has 5 nitrogen and oxygen atoms in total. The normalized spacial score (nSPS) is 12.1. The molecule has 0 aliphatic rings. The lowest BCUT2D eigenvalue weighted by molar-refractivity contribution is -0.141. The lowest BCUT2D eigenvalue weighted by Crippen LogP contribution is -2.19. The van der Waals surface area contributed by atoms with Gasteiger partial charge in [-0.05, 0) is 47.1 Å². The van der Waals surface area contributed by atoms with Crippen molar-refractivity contribution in [3.8, 4) is 11.1 Å². The van der Waals surface area contributed by atoms with Crippen LogP contribution in [0.2, 0.25) is 0 Å². The lowest BCUT2D eigenvalue weighted by atomic mass is 9.92. The van der Waals surface area contributed by atoms with Gasteiger partial charge < -0.3 is 10.4 Å². The van der Waals surface area contributed by atoms with Gasteiger partial charge in [0.15, 0.2) is 5.78 Å². The molecule has 1 amide bonds. The van der Waals surface area contributed by atoms with E-state index in [9.17, 15) is 19.5 Å². The number of amides is 1. The smallest absolute Gasteiger partial charge is 0.306 e. The van der Waals surface area contributed by atoms with Crippen LogP contribution in [0.5, 0.6) is 0 Å². The van der Waals surface area contributed by atoms with Crippen LogP contribution in [0.15, 0.2) is 78.9 Å². The van der Waals surface area contributed by atoms with Gasteiger partial charge >= 0.3 is 5.97 Å². The van der Waals surface area contributed by atoms with Gasteiger partial charge in [-0.3, -0.25) is 14.4 Å². The quantitative estimate of drug-likeness (QED) is 0.325. The molecule has 0 aliphatic carbocycles. The fraction of sp³-hybridized carbons (Fsp3) is 0.300. The summed E-state index contributed by atoms with van der Waals surface area (Å²) in [5, 5.41) is 12.5. The summed E-state index contributed by atoms with van der Waals surface area (Å²) in [6.07, 6.45) is 1.46. The number of rotatable bonds is 10. The zero-order valence-electron chi connectivity index (χ0n) is 20.6. The first kappa shape index (κ1) is 25.9. The largest absolute Gasteiger partial charge is 0.481 e. The predicted octanol–water partition coefficient (Wildman–Crippen LogP) is 6.63. The van der Waals surface area contributed by atoms with Gasteiger partial charge in [0.05, 0.1) is 5.92 Å². The maximum absolute atomic E-state index is 12.8. The van der Waals surface area contributed by atoms with Gasteiger partial charge in [0, 0.05) is 24.1 Å². The van der Waals surface area contributed by atoms with Crippen molar-refractivity contribution in [2.24, 2.45) is 11.3 Å². The van der Waals surface area contributed by atoms with Crippen molar-refractivity contribution in [3.63, 3.8) is 0 Å². The highest BCUT2D eigenvalue weighted by Crippen LogP contribution is 2.25. The summed E-state index contributed by atoms with van der Waals surface area (Å²) in [6, 6.07) is 24.5. The molecule has 2 N–H and O–H groups in total. The number of aliphatic carboxylic acids is 1. The van der Waals surface area contributed by atoms with E-state index < -0.39 is 11.9 Å². The molecule has 0 radical (unpaired) electrons. The van der Waals surface area contributed by atoms with Crippen molar-refractivity contribution < 1.29 is 19.5 Å². The summed E-state index contributed by atoms with van der Waals surface area (Å²) in [6.45, 7) is 6.07. The molecule has 35 heavy (non-hydrogen) atoms. The average molecular weight is 472 g/mol. The minimum absolute atomic E-state index is 0.0171. The van der Waals surface area contributed by atoms with Crippen LogP contribution in [0.25, 0.3) is 11.1 Å². The van der Waals surface area contributed by atoms with E-state index >= 15 is 0 Å². The Morgan fingerprint density at radius 2 is 1.40 bits per heavy atom. The van der Waals surface area contributed by atoms with Crippen LogP contribution in [0, 0.1) is 11.3 Å².